The lowest BCUT2D eigenvalue weighted by Crippen LogP contribution is -2.52. The molecule has 0 spiro atoms. The fourth-order valence-electron chi connectivity index (χ4n) is 2.70. The molecule has 0 saturated carbocycles. The smallest absolute Gasteiger partial charge is 0.227 e. The number of carbonyl (C=O) groups excluding carboxylic acids is 1. The summed E-state index contributed by atoms with van der Waals surface area (Å²) in [6, 6.07) is 0. The second-order valence-electron chi connectivity index (χ2n) is 5.24. The fourth-order valence-corrected chi connectivity index (χ4v) is 2.70. The van der Waals surface area contributed by atoms with Crippen LogP contribution in [-0.4, -0.2) is 60.9 Å². The predicted octanol–water partition coefficient (Wildman–Crippen LogP) is -0.550. The zero-order valence-corrected chi connectivity index (χ0v) is 10.6. The summed E-state index contributed by atoms with van der Waals surface area (Å²) in [5.41, 5.74) is 0. The number of nitrogens with one attached hydrogen (secondary N) is 1. The lowest BCUT2D eigenvalue weighted by atomic mass is 9.96. The second kappa shape index (κ2) is 5.33. The van der Waals surface area contributed by atoms with Crippen molar-refractivity contribution in [3.63, 3.8) is 0 Å². The van der Waals surface area contributed by atoms with Crippen molar-refractivity contribution in [1.82, 2.24) is 10.2 Å². The third-order valence-corrected chi connectivity index (χ3v) is 3.68. The van der Waals surface area contributed by atoms with E-state index in [1.165, 1.54) is 0 Å². The molecule has 2 saturated heterocycles. The highest BCUT2D eigenvalue weighted by Gasteiger charge is 2.36. The van der Waals surface area contributed by atoms with Gasteiger partial charge in [0.15, 0.2) is 0 Å². The van der Waals surface area contributed by atoms with Crippen LogP contribution < -0.4 is 5.32 Å². The maximum Gasteiger partial charge on any atom is 0.227 e. The number of amides is 1. The Bertz CT molecular complexity index is 285. The summed E-state index contributed by atoms with van der Waals surface area (Å²) < 4.78 is 5.55. The molecule has 5 nitrogen and oxygen atoms in total. The third-order valence-electron chi connectivity index (χ3n) is 3.68. The van der Waals surface area contributed by atoms with Crippen LogP contribution in [0.1, 0.15) is 13.8 Å². The Kier molecular flexibility index (Phi) is 4.01. The van der Waals surface area contributed by atoms with E-state index in [1.54, 1.807) is 0 Å². The van der Waals surface area contributed by atoms with Crippen molar-refractivity contribution in [3.8, 4) is 0 Å². The number of carbonyl (C=O) groups is 1. The molecule has 2 N–H and O–H groups in total. The molecule has 0 radical (unpaired) electrons. The molecule has 2 heterocycles. The SMILES string of the molecule is CC1CN(C(=O)C2CNCC2C)CC(CO)O1. The highest BCUT2D eigenvalue weighted by atomic mass is 16.5. The molecule has 2 aliphatic rings. The predicted molar refractivity (Wildman–Crippen MR) is 63.5 cm³/mol. The summed E-state index contributed by atoms with van der Waals surface area (Å²) in [6.45, 7) is 6.87. The van der Waals surface area contributed by atoms with Gasteiger partial charge in [0.1, 0.15) is 0 Å². The van der Waals surface area contributed by atoms with Crippen LogP contribution in [0.4, 0.5) is 0 Å². The van der Waals surface area contributed by atoms with E-state index in [4.69, 9.17) is 9.84 Å². The van der Waals surface area contributed by atoms with Gasteiger partial charge >= 0.3 is 0 Å². The first-order chi connectivity index (χ1) is 8.11. The van der Waals surface area contributed by atoms with Crippen LogP contribution in [0, 0.1) is 11.8 Å². The molecule has 4 unspecified atom stereocenters. The van der Waals surface area contributed by atoms with Crippen LogP contribution in [0.25, 0.3) is 0 Å². The number of hydrogen-bond donors (Lipinski definition) is 2. The summed E-state index contributed by atoms with van der Waals surface area (Å²) in [4.78, 5) is 14.2. The van der Waals surface area contributed by atoms with Gasteiger partial charge < -0.3 is 20.1 Å². The molecule has 2 rings (SSSR count). The maximum atomic E-state index is 12.4. The van der Waals surface area contributed by atoms with Gasteiger partial charge in [0.05, 0.1) is 24.7 Å². The Hall–Kier alpha value is -0.650. The van der Waals surface area contributed by atoms with E-state index in [0.29, 0.717) is 19.0 Å². The van der Waals surface area contributed by atoms with Gasteiger partial charge in [-0.25, -0.2) is 0 Å². The first-order valence-electron chi connectivity index (χ1n) is 6.37. The number of rotatable bonds is 2. The van der Waals surface area contributed by atoms with Crippen molar-refractivity contribution in [2.75, 3.05) is 32.8 Å². The van der Waals surface area contributed by atoms with Crippen LogP contribution in [0.5, 0.6) is 0 Å². The zero-order chi connectivity index (χ0) is 12.4. The Morgan fingerprint density at radius 1 is 1.41 bits per heavy atom. The highest BCUT2D eigenvalue weighted by Crippen LogP contribution is 2.21. The van der Waals surface area contributed by atoms with Crippen LogP contribution in [-0.2, 0) is 9.53 Å². The van der Waals surface area contributed by atoms with E-state index in [1.807, 2.05) is 11.8 Å². The molecular weight excluding hydrogens is 220 g/mol. The summed E-state index contributed by atoms with van der Waals surface area (Å²) in [5, 5.41) is 12.4. The summed E-state index contributed by atoms with van der Waals surface area (Å²) in [6.07, 6.45) is -0.220. The minimum Gasteiger partial charge on any atom is -0.394 e. The van der Waals surface area contributed by atoms with Crippen molar-refractivity contribution >= 4 is 5.91 Å². The van der Waals surface area contributed by atoms with E-state index in [2.05, 4.69) is 12.2 Å². The molecule has 0 bridgehead atoms. The molecule has 1 amide bonds. The van der Waals surface area contributed by atoms with Gasteiger partial charge in [-0.15, -0.1) is 0 Å². The molecule has 17 heavy (non-hydrogen) atoms. The van der Waals surface area contributed by atoms with E-state index in [0.717, 1.165) is 13.1 Å². The van der Waals surface area contributed by atoms with Gasteiger partial charge in [0.2, 0.25) is 5.91 Å². The fraction of sp³-hybridized carbons (Fsp3) is 0.917. The minimum absolute atomic E-state index is 0.00881. The van der Waals surface area contributed by atoms with E-state index >= 15 is 0 Å². The Labute approximate surface area is 102 Å². The van der Waals surface area contributed by atoms with Gasteiger partial charge in [0.25, 0.3) is 0 Å². The lowest BCUT2D eigenvalue weighted by molar-refractivity contribution is -0.151. The molecule has 0 aliphatic carbocycles. The first-order valence-corrected chi connectivity index (χ1v) is 6.37. The molecule has 0 aromatic carbocycles. The lowest BCUT2D eigenvalue weighted by Gasteiger charge is -2.37. The molecule has 4 atom stereocenters. The van der Waals surface area contributed by atoms with E-state index in [9.17, 15) is 4.79 Å². The molecule has 2 aliphatic heterocycles. The standard InChI is InChI=1S/C12H22N2O3/c1-8-3-13-4-11(8)12(16)14-5-9(2)17-10(6-14)7-15/h8-11,13,15H,3-7H2,1-2H3. The summed E-state index contributed by atoms with van der Waals surface area (Å²) in [5.74, 6) is 0.684. The van der Waals surface area contributed by atoms with Gasteiger partial charge in [-0.1, -0.05) is 6.92 Å². The van der Waals surface area contributed by atoms with Crippen molar-refractivity contribution in [2.24, 2.45) is 11.8 Å². The van der Waals surface area contributed by atoms with E-state index in [-0.39, 0.29) is 30.6 Å². The maximum absolute atomic E-state index is 12.4. The number of nitrogens with zero attached hydrogens (tertiary/aromatic N) is 1. The van der Waals surface area contributed by atoms with Crippen LogP contribution >= 0.6 is 0 Å². The van der Waals surface area contributed by atoms with E-state index < -0.39 is 0 Å². The normalized spacial score (nSPS) is 38.4. The van der Waals surface area contributed by atoms with Crippen LogP contribution in [0.15, 0.2) is 0 Å². The quantitative estimate of drug-likeness (QED) is 0.682. The van der Waals surface area contributed by atoms with Crippen molar-refractivity contribution in [1.29, 1.82) is 0 Å². The number of aliphatic hydroxyl groups is 1. The molecule has 98 valence electrons. The molecule has 0 aromatic rings. The van der Waals surface area contributed by atoms with Gasteiger partial charge in [-0.2, -0.15) is 0 Å². The minimum atomic E-state index is -0.229. The van der Waals surface area contributed by atoms with Crippen LogP contribution in [0.3, 0.4) is 0 Å². The summed E-state index contributed by atoms with van der Waals surface area (Å²) in [7, 11) is 0. The monoisotopic (exact) mass is 242 g/mol. The highest BCUT2D eigenvalue weighted by molar-refractivity contribution is 5.80. The summed E-state index contributed by atoms with van der Waals surface area (Å²) >= 11 is 0. The number of aliphatic hydroxyl groups excluding tert-OH is 1. The number of ether oxygens (including phenoxy) is 1. The zero-order valence-electron chi connectivity index (χ0n) is 10.6. The average molecular weight is 242 g/mol. The van der Waals surface area contributed by atoms with Gasteiger partial charge in [-0.3, -0.25) is 4.79 Å². The van der Waals surface area contributed by atoms with Crippen LogP contribution in [0.2, 0.25) is 0 Å². The van der Waals surface area contributed by atoms with Gasteiger partial charge in [0, 0.05) is 19.6 Å². The third kappa shape index (κ3) is 2.78. The number of hydrogen-bond acceptors (Lipinski definition) is 4. The van der Waals surface area contributed by atoms with Crippen molar-refractivity contribution in [2.45, 2.75) is 26.1 Å². The largest absolute Gasteiger partial charge is 0.394 e. The topological polar surface area (TPSA) is 61.8 Å². The Balaban J connectivity index is 1.98. The molecular formula is C12H22N2O3. The molecule has 0 aromatic heterocycles. The first kappa shape index (κ1) is 12.8. The van der Waals surface area contributed by atoms with Crippen molar-refractivity contribution in [3.05, 3.63) is 0 Å². The van der Waals surface area contributed by atoms with Gasteiger partial charge in [-0.05, 0) is 19.4 Å². The van der Waals surface area contributed by atoms with Crippen molar-refractivity contribution < 1.29 is 14.6 Å². The Morgan fingerprint density at radius 3 is 2.76 bits per heavy atom. The molecule has 5 heteroatoms. The Morgan fingerprint density at radius 2 is 2.18 bits per heavy atom. The average Bonchev–Trinajstić information content (AvgIpc) is 2.73. The number of morpholine rings is 1. The molecule has 2 fully saturated rings. The second-order valence-corrected chi connectivity index (χ2v) is 5.24.